The lowest BCUT2D eigenvalue weighted by Gasteiger charge is -2.42. The van der Waals surface area contributed by atoms with Crippen molar-refractivity contribution in [3.05, 3.63) is 245 Å². The summed E-state index contributed by atoms with van der Waals surface area (Å²) in [5.41, 5.74) is 14.0. The number of ether oxygens (including phenoxy) is 1. The van der Waals surface area contributed by atoms with Crippen LogP contribution in [0.15, 0.2) is 211 Å². The molecule has 0 aliphatic carbocycles. The first-order chi connectivity index (χ1) is 29.1. The first kappa shape index (κ1) is 36.1. The molecule has 1 aliphatic rings. The van der Waals surface area contributed by atoms with Crippen molar-refractivity contribution in [3.8, 4) is 22.6 Å². The summed E-state index contributed by atoms with van der Waals surface area (Å²) in [6.07, 6.45) is 3.13. The molecule has 10 rings (SSSR count). The monoisotopic (exact) mass is 760 g/mol. The van der Waals surface area contributed by atoms with Gasteiger partial charge in [0, 0.05) is 38.5 Å². The fraction of sp³-hybridized carbons (Fsp3) is 0.0893. The second-order valence-corrected chi connectivity index (χ2v) is 15.4. The van der Waals surface area contributed by atoms with Crippen LogP contribution >= 0.6 is 0 Å². The van der Waals surface area contributed by atoms with E-state index in [2.05, 4.69) is 225 Å². The Morgan fingerprint density at radius 2 is 1.15 bits per heavy atom. The molecule has 2 heterocycles. The Labute approximate surface area is 346 Å². The molecule has 9 aromatic rings. The van der Waals surface area contributed by atoms with Gasteiger partial charge in [-0.25, -0.2) is 0 Å². The smallest absolute Gasteiger partial charge is 0.132 e. The van der Waals surface area contributed by atoms with E-state index in [0.717, 1.165) is 68.1 Å². The Morgan fingerprint density at radius 3 is 1.88 bits per heavy atom. The lowest BCUT2D eigenvalue weighted by molar-refractivity contribution is 0.434. The van der Waals surface area contributed by atoms with Crippen LogP contribution in [0, 0.1) is 0 Å². The number of nitrogens with zero attached hydrogens (tertiary/aromatic N) is 1. The van der Waals surface area contributed by atoms with E-state index < -0.39 is 5.41 Å². The van der Waals surface area contributed by atoms with E-state index in [-0.39, 0.29) is 6.04 Å². The highest BCUT2D eigenvalue weighted by atomic mass is 16.5. The molecule has 3 heteroatoms. The summed E-state index contributed by atoms with van der Waals surface area (Å²) in [5, 5.41) is 2.47. The maximum atomic E-state index is 6.68. The third kappa shape index (κ3) is 6.27. The molecule has 1 atom stereocenters. The van der Waals surface area contributed by atoms with Crippen molar-refractivity contribution < 1.29 is 4.74 Å². The van der Waals surface area contributed by atoms with E-state index in [4.69, 9.17) is 9.73 Å². The number of aromatic nitrogens is 1. The van der Waals surface area contributed by atoms with E-state index in [0.29, 0.717) is 0 Å². The van der Waals surface area contributed by atoms with Crippen LogP contribution in [0.4, 0.5) is 0 Å². The van der Waals surface area contributed by atoms with Crippen molar-refractivity contribution in [3.63, 3.8) is 0 Å². The Bertz CT molecular complexity index is 2980. The SMILES string of the molecule is CCC(N=C(/C=C(\C)c1ccccc1)c1ccccc1-c1ccccc1C1(c2ccccc2)c2ccccc2Oc2ccccc21)c1ccc2c(c1)[nH]c1ccccc12. The molecule has 0 saturated heterocycles. The van der Waals surface area contributed by atoms with Crippen LogP contribution in [0.25, 0.3) is 38.5 Å². The van der Waals surface area contributed by atoms with Crippen molar-refractivity contribution in [1.82, 2.24) is 4.98 Å². The molecule has 0 amide bonds. The van der Waals surface area contributed by atoms with Gasteiger partial charge in [-0.1, -0.05) is 183 Å². The van der Waals surface area contributed by atoms with E-state index >= 15 is 0 Å². The number of H-pyrrole nitrogens is 1. The molecule has 1 aromatic heterocycles. The van der Waals surface area contributed by atoms with Gasteiger partial charge in [-0.2, -0.15) is 0 Å². The van der Waals surface area contributed by atoms with Gasteiger partial charge in [-0.05, 0) is 82.6 Å². The molecule has 0 fully saturated rings. The van der Waals surface area contributed by atoms with E-state index in [1.54, 1.807) is 0 Å². The molecule has 1 unspecified atom stereocenters. The number of rotatable bonds is 9. The number of para-hydroxylation sites is 3. The minimum absolute atomic E-state index is 0.0751. The molecule has 0 saturated carbocycles. The number of aliphatic imine (C=N–C) groups is 1. The average Bonchev–Trinajstić information content (AvgIpc) is 3.68. The first-order valence-electron chi connectivity index (χ1n) is 20.6. The molecular weight excluding hydrogens is 717 g/mol. The molecule has 3 nitrogen and oxygen atoms in total. The zero-order valence-corrected chi connectivity index (χ0v) is 33.3. The number of hydrogen-bond acceptors (Lipinski definition) is 2. The van der Waals surface area contributed by atoms with Gasteiger partial charge in [0.25, 0.3) is 0 Å². The van der Waals surface area contributed by atoms with E-state index in [1.165, 1.54) is 33.0 Å². The largest absolute Gasteiger partial charge is 0.457 e. The molecule has 1 aliphatic heterocycles. The molecule has 59 heavy (non-hydrogen) atoms. The van der Waals surface area contributed by atoms with Crippen LogP contribution in [0.3, 0.4) is 0 Å². The summed E-state index contributed by atoms with van der Waals surface area (Å²) in [5.74, 6) is 1.72. The lowest BCUT2D eigenvalue weighted by atomic mass is 9.62. The Balaban J connectivity index is 1.21. The van der Waals surface area contributed by atoms with Gasteiger partial charge in [0.15, 0.2) is 0 Å². The second-order valence-electron chi connectivity index (χ2n) is 15.4. The predicted molar refractivity (Wildman–Crippen MR) is 246 cm³/mol. The van der Waals surface area contributed by atoms with E-state index in [9.17, 15) is 0 Å². The van der Waals surface area contributed by atoms with Crippen molar-refractivity contribution in [2.75, 3.05) is 0 Å². The molecule has 284 valence electrons. The van der Waals surface area contributed by atoms with Crippen LogP contribution < -0.4 is 4.74 Å². The van der Waals surface area contributed by atoms with Crippen LogP contribution in [-0.2, 0) is 5.41 Å². The summed E-state index contributed by atoms with van der Waals surface area (Å²) in [6, 6.07) is 71.6. The van der Waals surface area contributed by atoms with Crippen LogP contribution in [0.5, 0.6) is 11.5 Å². The summed E-state index contributed by atoms with van der Waals surface area (Å²) in [4.78, 5) is 9.41. The maximum absolute atomic E-state index is 6.68. The van der Waals surface area contributed by atoms with Crippen molar-refractivity contribution in [2.45, 2.75) is 31.7 Å². The minimum atomic E-state index is -0.676. The second kappa shape index (κ2) is 15.3. The third-order valence-corrected chi connectivity index (χ3v) is 12.0. The van der Waals surface area contributed by atoms with Gasteiger partial charge in [0.05, 0.1) is 17.2 Å². The number of aromatic amines is 1. The fourth-order valence-electron chi connectivity index (χ4n) is 9.25. The fourth-order valence-corrected chi connectivity index (χ4v) is 9.25. The maximum Gasteiger partial charge on any atom is 0.132 e. The van der Waals surface area contributed by atoms with Crippen LogP contribution in [-0.4, -0.2) is 10.7 Å². The van der Waals surface area contributed by atoms with Gasteiger partial charge in [0.2, 0.25) is 0 Å². The van der Waals surface area contributed by atoms with Crippen molar-refractivity contribution in [1.29, 1.82) is 0 Å². The van der Waals surface area contributed by atoms with Gasteiger partial charge in [0.1, 0.15) is 11.5 Å². The summed E-state index contributed by atoms with van der Waals surface area (Å²) < 4.78 is 6.68. The molecular formula is C56H44N2O. The first-order valence-corrected chi connectivity index (χ1v) is 20.6. The summed E-state index contributed by atoms with van der Waals surface area (Å²) in [7, 11) is 0. The van der Waals surface area contributed by atoms with Gasteiger partial charge in [-0.15, -0.1) is 0 Å². The summed E-state index contributed by atoms with van der Waals surface area (Å²) in [6.45, 7) is 4.43. The topological polar surface area (TPSA) is 37.4 Å². The number of benzene rings is 8. The number of hydrogen-bond donors (Lipinski definition) is 1. The van der Waals surface area contributed by atoms with Crippen molar-refractivity contribution in [2.24, 2.45) is 4.99 Å². The molecule has 8 aromatic carbocycles. The number of nitrogens with one attached hydrogen (secondary N) is 1. The van der Waals surface area contributed by atoms with Crippen LogP contribution in [0.1, 0.15) is 65.3 Å². The molecule has 1 N–H and O–H groups in total. The Kier molecular flexibility index (Phi) is 9.35. The zero-order chi connectivity index (χ0) is 39.8. The number of fused-ring (bicyclic) bond motifs is 5. The van der Waals surface area contributed by atoms with Gasteiger partial charge < -0.3 is 9.72 Å². The molecule has 0 radical (unpaired) electrons. The third-order valence-electron chi connectivity index (χ3n) is 12.0. The highest BCUT2D eigenvalue weighted by Crippen LogP contribution is 2.57. The normalized spacial score (nSPS) is 14.1. The predicted octanol–water partition coefficient (Wildman–Crippen LogP) is 14.5. The highest BCUT2D eigenvalue weighted by molar-refractivity contribution is 6.16. The summed E-state index contributed by atoms with van der Waals surface area (Å²) >= 11 is 0. The number of allylic oxidation sites excluding steroid dienone is 2. The average molecular weight is 761 g/mol. The lowest BCUT2D eigenvalue weighted by Crippen LogP contribution is -2.34. The van der Waals surface area contributed by atoms with E-state index in [1.807, 2.05) is 0 Å². The highest BCUT2D eigenvalue weighted by Gasteiger charge is 2.46. The minimum Gasteiger partial charge on any atom is -0.457 e. The zero-order valence-electron chi connectivity index (χ0n) is 33.3. The van der Waals surface area contributed by atoms with Crippen LogP contribution in [0.2, 0.25) is 0 Å². The standard InChI is InChI=1S/C56H44N2O/c1-3-50(40-34-35-46-45-27-13-17-31-51(45)58-53(46)37-40)57-52(36-38(2)39-20-6-4-7-21-39)44-26-11-10-24-42(44)43-25-12-14-28-47(43)56(41-22-8-5-9-23-41)48-29-15-18-32-54(48)59-55-33-19-16-30-49(55)56/h4-37,50,58H,3H2,1-2H3/b38-36+,57-52?. The Hall–Kier alpha value is -7.23. The van der Waals surface area contributed by atoms with Gasteiger partial charge in [-0.3, -0.25) is 4.99 Å². The van der Waals surface area contributed by atoms with Crippen molar-refractivity contribution >= 4 is 33.1 Å². The Morgan fingerprint density at radius 1 is 0.576 bits per heavy atom. The van der Waals surface area contributed by atoms with Gasteiger partial charge >= 0.3 is 0 Å². The molecule has 0 bridgehead atoms. The quantitative estimate of drug-likeness (QED) is 0.146. The molecule has 0 spiro atoms.